The van der Waals surface area contributed by atoms with Crippen molar-refractivity contribution in [3.05, 3.63) is 24.3 Å². The van der Waals surface area contributed by atoms with E-state index < -0.39 is 5.66 Å². The summed E-state index contributed by atoms with van der Waals surface area (Å²) in [4.78, 5) is 30.3. The van der Waals surface area contributed by atoms with Crippen molar-refractivity contribution in [3.8, 4) is 5.75 Å². The Labute approximate surface area is 172 Å². The molecular formula is C22H32N4O3. The number of hydrogen-bond donors (Lipinski definition) is 2. The smallest absolute Gasteiger partial charge is 0.226 e. The van der Waals surface area contributed by atoms with E-state index in [9.17, 15) is 9.59 Å². The lowest BCUT2D eigenvalue weighted by molar-refractivity contribution is -0.144. The van der Waals surface area contributed by atoms with Gasteiger partial charge in [-0.3, -0.25) is 9.59 Å². The summed E-state index contributed by atoms with van der Waals surface area (Å²) in [6, 6.07) is 8.02. The maximum Gasteiger partial charge on any atom is 0.226 e. The van der Waals surface area contributed by atoms with Crippen molar-refractivity contribution in [2.75, 3.05) is 38.2 Å². The first-order chi connectivity index (χ1) is 14.0. The minimum absolute atomic E-state index is 0.0296. The number of rotatable bonds is 5. The third-order valence-electron chi connectivity index (χ3n) is 6.59. The lowest BCUT2D eigenvalue weighted by atomic mass is 9.77. The van der Waals surface area contributed by atoms with Crippen molar-refractivity contribution >= 4 is 17.5 Å². The monoisotopic (exact) mass is 400 g/mol. The zero-order chi connectivity index (χ0) is 20.4. The normalized spacial score (nSPS) is 26.0. The Bertz CT molecular complexity index is 756. The molecule has 4 rings (SSSR count). The van der Waals surface area contributed by atoms with Crippen LogP contribution >= 0.6 is 0 Å². The molecule has 0 spiro atoms. The van der Waals surface area contributed by atoms with E-state index in [1.165, 1.54) is 0 Å². The van der Waals surface area contributed by atoms with Crippen LogP contribution in [0.25, 0.3) is 0 Å². The van der Waals surface area contributed by atoms with Crippen molar-refractivity contribution in [1.29, 1.82) is 0 Å². The van der Waals surface area contributed by atoms with Gasteiger partial charge in [-0.1, -0.05) is 18.9 Å². The summed E-state index contributed by atoms with van der Waals surface area (Å²) in [5.74, 6) is 0.489. The van der Waals surface area contributed by atoms with E-state index in [0.29, 0.717) is 13.1 Å². The molecule has 7 nitrogen and oxygen atoms in total. The van der Waals surface area contributed by atoms with E-state index in [4.69, 9.17) is 10.5 Å². The van der Waals surface area contributed by atoms with E-state index in [1.807, 2.05) is 23.1 Å². The SMILES string of the molecule is COc1cccc(N2CCN(C(=O)C3CCCCC3C(=O)NC3(N)CC3)CC2)c1. The summed E-state index contributed by atoms with van der Waals surface area (Å²) in [7, 11) is 1.67. The fraction of sp³-hybridized carbons (Fsp3) is 0.636. The Kier molecular flexibility index (Phi) is 5.67. The predicted octanol–water partition coefficient (Wildman–Crippen LogP) is 1.72. The second-order valence-corrected chi connectivity index (χ2v) is 8.66. The van der Waals surface area contributed by atoms with Gasteiger partial charge in [-0.2, -0.15) is 0 Å². The molecule has 1 aliphatic heterocycles. The summed E-state index contributed by atoms with van der Waals surface area (Å²) in [5.41, 5.74) is 6.66. The van der Waals surface area contributed by atoms with Gasteiger partial charge in [0.1, 0.15) is 5.75 Å². The van der Waals surface area contributed by atoms with Crippen LogP contribution < -0.4 is 20.7 Å². The molecule has 3 N–H and O–H groups in total. The number of nitrogens with two attached hydrogens (primary N) is 1. The fourth-order valence-corrected chi connectivity index (χ4v) is 4.56. The van der Waals surface area contributed by atoms with Crippen LogP contribution in [0.15, 0.2) is 24.3 Å². The molecule has 2 amide bonds. The largest absolute Gasteiger partial charge is 0.497 e. The number of hydrogen-bond acceptors (Lipinski definition) is 5. The van der Waals surface area contributed by atoms with Crippen LogP contribution in [0.2, 0.25) is 0 Å². The number of ether oxygens (including phenoxy) is 1. The van der Waals surface area contributed by atoms with Crippen LogP contribution in [0.5, 0.6) is 5.75 Å². The number of carbonyl (C=O) groups excluding carboxylic acids is 2. The highest BCUT2D eigenvalue weighted by Crippen LogP contribution is 2.35. The van der Waals surface area contributed by atoms with E-state index in [0.717, 1.165) is 63.1 Å². The van der Waals surface area contributed by atoms with Gasteiger partial charge in [0.05, 0.1) is 12.8 Å². The molecule has 1 aromatic rings. The summed E-state index contributed by atoms with van der Waals surface area (Å²) >= 11 is 0. The average Bonchev–Trinajstić information content (AvgIpc) is 3.49. The van der Waals surface area contributed by atoms with Gasteiger partial charge in [0.15, 0.2) is 0 Å². The Morgan fingerprint density at radius 2 is 1.79 bits per heavy atom. The Morgan fingerprint density at radius 1 is 1.10 bits per heavy atom. The van der Waals surface area contributed by atoms with Crippen LogP contribution in [0.4, 0.5) is 5.69 Å². The van der Waals surface area contributed by atoms with Gasteiger partial charge in [0.25, 0.3) is 0 Å². The van der Waals surface area contributed by atoms with Crippen LogP contribution in [-0.2, 0) is 9.59 Å². The Hall–Kier alpha value is -2.28. The maximum atomic E-state index is 13.3. The molecule has 1 saturated heterocycles. The highest BCUT2D eigenvalue weighted by molar-refractivity contribution is 5.88. The number of nitrogens with one attached hydrogen (secondary N) is 1. The second-order valence-electron chi connectivity index (χ2n) is 8.66. The van der Waals surface area contributed by atoms with Crippen LogP contribution in [0, 0.1) is 11.8 Å². The van der Waals surface area contributed by atoms with E-state index >= 15 is 0 Å². The third kappa shape index (κ3) is 4.50. The molecule has 7 heteroatoms. The van der Waals surface area contributed by atoms with Crippen molar-refractivity contribution in [3.63, 3.8) is 0 Å². The highest BCUT2D eigenvalue weighted by atomic mass is 16.5. The first-order valence-electron chi connectivity index (χ1n) is 10.8. The molecule has 1 heterocycles. The van der Waals surface area contributed by atoms with Gasteiger partial charge in [-0.25, -0.2) is 0 Å². The van der Waals surface area contributed by atoms with Crippen molar-refractivity contribution in [1.82, 2.24) is 10.2 Å². The fourth-order valence-electron chi connectivity index (χ4n) is 4.56. The minimum atomic E-state index is -0.523. The number of nitrogens with zero attached hydrogens (tertiary/aromatic N) is 2. The molecule has 158 valence electrons. The van der Waals surface area contributed by atoms with E-state index in [2.05, 4.69) is 16.3 Å². The molecule has 2 saturated carbocycles. The summed E-state index contributed by atoms with van der Waals surface area (Å²) < 4.78 is 5.32. The number of piperazine rings is 1. The highest BCUT2D eigenvalue weighted by Gasteiger charge is 2.44. The van der Waals surface area contributed by atoms with Gasteiger partial charge in [-0.05, 0) is 37.8 Å². The molecule has 0 radical (unpaired) electrons. The molecule has 2 atom stereocenters. The average molecular weight is 401 g/mol. The Morgan fingerprint density at radius 3 is 2.45 bits per heavy atom. The number of anilines is 1. The molecule has 3 fully saturated rings. The molecule has 2 unspecified atom stereocenters. The molecule has 2 aliphatic carbocycles. The van der Waals surface area contributed by atoms with Gasteiger partial charge in [0.2, 0.25) is 11.8 Å². The van der Waals surface area contributed by atoms with E-state index in [-0.39, 0.29) is 23.7 Å². The molecule has 0 aromatic heterocycles. The maximum absolute atomic E-state index is 13.3. The van der Waals surface area contributed by atoms with Crippen molar-refractivity contribution in [2.24, 2.45) is 17.6 Å². The first kappa shape index (κ1) is 20.0. The third-order valence-corrected chi connectivity index (χ3v) is 6.59. The second kappa shape index (κ2) is 8.22. The van der Waals surface area contributed by atoms with Gasteiger partial charge < -0.3 is 25.6 Å². The topological polar surface area (TPSA) is 87.9 Å². The van der Waals surface area contributed by atoms with Crippen LogP contribution in [-0.4, -0.2) is 55.7 Å². The Balaban J connectivity index is 1.36. The van der Waals surface area contributed by atoms with Gasteiger partial charge >= 0.3 is 0 Å². The van der Waals surface area contributed by atoms with E-state index in [1.54, 1.807) is 7.11 Å². The number of amides is 2. The summed E-state index contributed by atoms with van der Waals surface area (Å²) in [6.45, 7) is 2.94. The lowest BCUT2D eigenvalue weighted by Gasteiger charge is -2.40. The summed E-state index contributed by atoms with van der Waals surface area (Å²) in [5, 5.41) is 2.98. The molecule has 3 aliphatic rings. The van der Waals surface area contributed by atoms with Crippen LogP contribution in [0.3, 0.4) is 0 Å². The van der Waals surface area contributed by atoms with Gasteiger partial charge in [0, 0.05) is 49.8 Å². The van der Waals surface area contributed by atoms with Crippen molar-refractivity contribution < 1.29 is 14.3 Å². The van der Waals surface area contributed by atoms with Gasteiger partial charge in [-0.15, -0.1) is 0 Å². The molecular weight excluding hydrogens is 368 g/mol. The zero-order valence-corrected chi connectivity index (χ0v) is 17.2. The summed E-state index contributed by atoms with van der Waals surface area (Å²) in [6.07, 6.45) is 5.25. The van der Waals surface area contributed by atoms with Crippen LogP contribution in [0.1, 0.15) is 38.5 Å². The molecule has 29 heavy (non-hydrogen) atoms. The molecule has 0 bridgehead atoms. The standard InChI is InChI=1S/C22H32N4O3/c1-29-17-6-4-5-16(15-17)25-11-13-26(14-12-25)21(28)19-8-3-2-7-18(19)20(27)24-22(23)9-10-22/h4-6,15,18-19H,2-3,7-14,23H2,1H3,(H,24,27). The predicted molar refractivity (Wildman–Crippen MR) is 112 cm³/mol. The zero-order valence-electron chi connectivity index (χ0n) is 17.2. The minimum Gasteiger partial charge on any atom is -0.497 e. The quantitative estimate of drug-likeness (QED) is 0.735. The molecule has 1 aromatic carbocycles. The number of carbonyl (C=O) groups is 2. The lowest BCUT2D eigenvalue weighted by Crippen LogP contribution is -2.54. The number of methoxy groups -OCH3 is 1. The van der Waals surface area contributed by atoms with Crippen molar-refractivity contribution in [2.45, 2.75) is 44.2 Å². The first-order valence-corrected chi connectivity index (χ1v) is 10.8. The number of benzene rings is 1.